The van der Waals surface area contributed by atoms with Crippen molar-refractivity contribution in [1.29, 1.82) is 0 Å². The van der Waals surface area contributed by atoms with E-state index in [1.807, 2.05) is 18.7 Å². The second-order valence-corrected chi connectivity index (χ2v) is 6.78. The van der Waals surface area contributed by atoms with Gasteiger partial charge in [0.15, 0.2) is 0 Å². The number of carbonyl (C=O) groups is 1. The summed E-state index contributed by atoms with van der Waals surface area (Å²) in [6, 6.07) is 1.80. The Hall–Kier alpha value is -1.17. The van der Waals surface area contributed by atoms with E-state index in [1.165, 1.54) is 0 Å². The molecule has 0 spiro atoms. The fourth-order valence-corrected chi connectivity index (χ4v) is 2.19. The Kier molecular flexibility index (Phi) is 3.85. The molecule has 0 radical (unpaired) electrons. The van der Waals surface area contributed by atoms with Crippen molar-refractivity contribution in [2.24, 2.45) is 0 Å². The summed E-state index contributed by atoms with van der Waals surface area (Å²) < 4.78 is -0.488. The van der Waals surface area contributed by atoms with Gasteiger partial charge in [0.05, 0.1) is 4.32 Å². The van der Waals surface area contributed by atoms with Crippen LogP contribution in [0.1, 0.15) is 13.8 Å². The van der Waals surface area contributed by atoms with Crippen LogP contribution in [0.5, 0.6) is 0 Å². The van der Waals surface area contributed by atoms with Gasteiger partial charge in [0.25, 0.3) is 0 Å². The summed E-state index contributed by atoms with van der Waals surface area (Å²) in [5, 5.41) is 0. The van der Waals surface area contributed by atoms with Crippen molar-refractivity contribution >= 4 is 27.8 Å². The summed E-state index contributed by atoms with van der Waals surface area (Å²) in [5.41, 5.74) is 0. The van der Waals surface area contributed by atoms with Crippen molar-refractivity contribution in [1.82, 2.24) is 14.9 Å². The molecule has 1 aromatic rings. The zero-order chi connectivity index (χ0) is 13.2. The van der Waals surface area contributed by atoms with Crippen LogP contribution in [0, 0.1) is 0 Å². The Labute approximate surface area is 115 Å². The quantitative estimate of drug-likeness (QED) is 0.772. The molecule has 0 saturated carbocycles. The summed E-state index contributed by atoms with van der Waals surface area (Å²) in [5.74, 6) is 0.874. The second kappa shape index (κ2) is 5.22. The molecule has 1 fully saturated rings. The van der Waals surface area contributed by atoms with Gasteiger partial charge in [-0.25, -0.2) is 9.97 Å². The number of hydrogen-bond acceptors (Lipinski definition) is 4. The van der Waals surface area contributed by atoms with E-state index in [0.717, 1.165) is 19.0 Å². The number of hydrogen-bond donors (Lipinski definition) is 0. The summed E-state index contributed by atoms with van der Waals surface area (Å²) >= 11 is 3.41. The Morgan fingerprint density at radius 1 is 1.22 bits per heavy atom. The van der Waals surface area contributed by atoms with E-state index >= 15 is 0 Å². The number of alkyl halides is 1. The van der Waals surface area contributed by atoms with Gasteiger partial charge in [-0.2, -0.15) is 0 Å². The SMILES string of the molecule is CC(C)(Br)C(=O)N1CCN(c2ncccn2)CC1. The molecule has 2 heterocycles. The summed E-state index contributed by atoms with van der Waals surface area (Å²) in [7, 11) is 0. The van der Waals surface area contributed by atoms with Crippen LogP contribution in [0.2, 0.25) is 0 Å². The number of amides is 1. The normalized spacial score (nSPS) is 16.8. The van der Waals surface area contributed by atoms with Gasteiger partial charge in [0, 0.05) is 38.6 Å². The third-order valence-corrected chi connectivity index (χ3v) is 3.25. The standard InChI is InChI=1S/C12H17BrN4O/c1-12(2,13)10(18)16-6-8-17(9-7-16)11-14-4-3-5-15-11/h3-5H,6-9H2,1-2H3. The molecular weight excluding hydrogens is 296 g/mol. The van der Waals surface area contributed by atoms with Crippen LogP contribution >= 0.6 is 15.9 Å². The lowest BCUT2D eigenvalue weighted by Crippen LogP contribution is -2.53. The maximum Gasteiger partial charge on any atom is 0.239 e. The molecule has 0 unspecified atom stereocenters. The highest BCUT2D eigenvalue weighted by molar-refractivity contribution is 9.10. The van der Waals surface area contributed by atoms with E-state index in [2.05, 4.69) is 30.8 Å². The molecular formula is C12H17BrN4O. The highest BCUT2D eigenvalue weighted by Gasteiger charge is 2.31. The molecule has 0 N–H and O–H groups in total. The molecule has 98 valence electrons. The first-order chi connectivity index (χ1) is 8.48. The van der Waals surface area contributed by atoms with E-state index in [-0.39, 0.29) is 5.91 Å². The van der Waals surface area contributed by atoms with Crippen LogP contribution in [0.15, 0.2) is 18.5 Å². The third kappa shape index (κ3) is 2.98. The van der Waals surface area contributed by atoms with Gasteiger partial charge in [-0.05, 0) is 19.9 Å². The molecule has 1 aliphatic heterocycles. The number of anilines is 1. The molecule has 0 bridgehead atoms. The van der Waals surface area contributed by atoms with Crippen LogP contribution in [-0.4, -0.2) is 51.3 Å². The average molecular weight is 313 g/mol. The van der Waals surface area contributed by atoms with Crippen molar-refractivity contribution in [3.05, 3.63) is 18.5 Å². The first-order valence-electron chi connectivity index (χ1n) is 5.99. The summed E-state index contributed by atoms with van der Waals surface area (Å²) in [6.45, 7) is 6.74. The van der Waals surface area contributed by atoms with Crippen LogP contribution in [0.3, 0.4) is 0 Å². The van der Waals surface area contributed by atoms with E-state index in [1.54, 1.807) is 18.5 Å². The lowest BCUT2D eigenvalue weighted by Gasteiger charge is -2.37. The number of nitrogens with zero attached hydrogens (tertiary/aromatic N) is 4. The van der Waals surface area contributed by atoms with E-state index in [0.29, 0.717) is 13.1 Å². The van der Waals surface area contributed by atoms with E-state index < -0.39 is 4.32 Å². The largest absolute Gasteiger partial charge is 0.338 e. The van der Waals surface area contributed by atoms with Crippen LogP contribution in [-0.2, 0) is 4.79 Å². The zero-order valence-electron chi connectivity index (χ0n) is 10.6. The first kappa shape index (κ1) is 13.3. The molecule has 1 amide bonds. The zero-order valence-corrected chi connectivity index (χ0v) is 12.2. The minimum absolute atomic E-state index is 0.135. The molecule has 5 nitrogen and oxygen atoms in total. The monoisotopic (exact) mass is 312 g/mol. The van der Waals surface area contributed by atoms with E-state index in [4.69, 9.17) is 0 Å². The molecule has 6 heteroatoms. The van der Waals surface area contributed by atoms with Gasteiger partial charge in [-0.15, -0.1) is 0 Å². The maximum absolute atomic E-state index is 12.1. The van der Waals surface area contributed by atoms with E-state index in [9.17, 15) is 4.79 Å². The Balaban J connectivity index is 1.95. The number of piperazine rings is 1. The number of rotatable bonds is 2. The maximum atomic E-state index is 12.1. The Bertz CT molecular complexity index is 410. The molecule has 18 heavy (non-hydrogen) atoms. The third-order valence-electron chi connectivity index (χ3n) is 2.91. The number of aromatic nitrogens is 2. The Morgan fingerprint density at radius 3 is 2.28 bits per heavy atom. The predicted molar refractivity (Wildman–Crippen MR) is 73.8 cm³/mol. The fourth-order valence-electron chi connectivity index (χ4n) is 1.94. The van der Waals surface area contributed by atoms with Crippen molar-refractivity contribution in [3.8, 4) is 0 Å². The second-order valence-electron chi connectivity index (χ2n) is 4.80. The lowest BCUT2D eigenvalue weighted by molar-refractivity contribution is -0.133. The molecule has 2 rings (SSSR count). The molecule has 1 aliphatic rings. The minimum atomic E-state index is -0.488. The number of carbonyl (C=O) groups excluding carboxylic acids is 1. The van der Waals surface area contributed by atoms with Crippen LogP contribution in [0.25, 0.3) is 0 Å². The van der Waals surface area contributed by atoms with Crippen LogP contribution in [0.4, 0.5) is 5.95 Å². The molecule has 1 aromatic heterocycles. The molecule has 0 aromatic carbocycles. The fraction of sp³-hybridized carbons (Fsp3) is 0.583. The Morgan fingerprint density at radius 2 is 1.78 bits per heavy atom. The highest BCUT2D eigenvalue weighted by atomic mass is 79.9. The van der Waals surface area contributed by atoms with Gasteiger partial charge in [-0.3, -0.25) is 4.79 Å². The lowest BCUT2D eigenvalue weighted by atomic mass is 10.1. The topological polar surface area (TPSA) is 49.3 Å². The minimum Gasteiger partial charge on any atom is -0.338 e. The van der Waals surface area contributed by atoms with Crippen molar-refractivity contribution in [3.63, 3.8) is 0 Å². The van der Waals surface area contributed by atoms with Gasteiger partial charge < -0.3 is 9.80 Å². The molecule has 0 atom stereocenters. The van der Waals surface area contributed by atoms with Gasteiger partial charge in [-0.1, -0.05) is 15.9 Å². The molecule has 1 saturated heterocycles. The van der Waals surface area contributed by atoms with Crippen LogP contribution < -0.4 is 4.90 Å². The molecule has 0 aliphatic carbocycles. The van der Waals surface area contributed by atoms with Gasteiger partial charge in [0.2, 0.25) is 11.9 Å². The smallest absolute Gasteiger partial charge is 0.239 e. The van der Waals surface area contributed by atoms with Crippen molar-refractivity contribution < 1.29 is 4.79 Å². The summed E-state index contributed by atoms with van der Waals surface area (Å²) in [4.78, 5) is 24.5. The summed E-state index contributed by atoms with van der Waals surface area (Å²) in [6.07, 6.45) is 3.48. The van der Waals surface area contributed by atoms with Crippen molar-refractivity contribution in [2.45, 2.75) is 18.2 Å². The first-order valence-corrected chi connectivity index (χ1v) is 6.78. The average Bonchev–Trinajstić information content (AvgIpc) is 2.38. The predicted octanol–water partition coefficient (Wildman–Crippen LogP) is 1.30. The highest BCUT2D eigenvalue weighted by Crippen LogP contribution is 2.20. The van der Waals surface area contributed by atoms with Gasteiger partial charge in [0.1, 0.15) is 0 Å². The van der Waals surface area contributed by atoms with Crippen molar-refractivity contribution in [2.75, 3.05) is 31.1 Å². The van der Waals surface area contributed by atoms with Gasteiger partial charge >= 0.3 is 0 Å². The number of halogens is 1.